The zero-order chi connectivity index (χ0) is 20.4. The highest BCUT2D eigenvalue weighted by Gasteiger charge is 2.28. The van der Waals surface area contributed by atoms with Crippen LogP contribution >= 0.6 is 0 Å². The SMILES string of the molecule is CC(C)(N=NC(C)(C)C(=N)NCCCC(=O)O)C(=N)NCCCC(=O)O. The number of carbonyl (C=O) groups is 2. The van der Waals surface area contributed by atoms with Gasteiger partial charge in [-0.2, -0.15) is 10.2 Å². The lowest BCUT2D eigenvalue weighted by Gasteiger charge is -2.25. The van der Waals surface area contributed by atoms with Gasteiger partial charge in [0, 0.05) is 25.9 Å². The van der Waals surface area contributed by atoms with Crippen molar-refractivity contribution in [1.29, 1.82) is 10.8 Å². The van der Waals surface area contributed by atoms with Crippen molar-refractivity contribution >= 4 is 23.6 Å². The highest BCUT2D eigenvalue weighted by Crippen LogP contribution is 2.17. The molecule has 0 aromatic heterocycles. The van der Waals surface area contributed by atoms with Crippen molar-refractivity contribution in [3.63, 3.8) is 0 Å². The lowest BCUT2D eigenvalue weighted by molar-refractivity contribution is -0.138. The number of hydrogen-bond acceptors (Lipinski definition) is 6. The maximum absolute atomic E-state index is 10.5. The van der Waals surface area contributed by atoms with Crippen molar-refractivity contribution in [2.24, 2.45) is 10.2 Å². The summed E-state index contributed by atoms with van der Waals surface area (Å²) in [7, 11) is 0. The third kappa shape index (κ3) is 9.70. The van der Waals surface area contributed by atoms with E-state index in [1.807, 2.05) is 0 Å². The van der Waals surface area contributed by atoms with Gasteiger partial charge in [-0.25, -0.2) is 0 Å². The van der Waals surface area contributed by atoms with Crippen LogP contribution in [0.5, 0.6) is 0 Å². The molecule has 0 bridgehead atoms. The number of carboxylic acid groups (broad SMARTS) is 2. The van der Waals surface area contributed by atoms with Crippen LogP contribution in [0, 0.1) is 10.8 Å². The van der Waals surface area contributed by atoms with Gasteiger partial charge in [-0.05, 0) is 40.5 Å². The fourth-order valence-electron chi connectivity index (χ4n) is 1.69. The van der Waals surface area contributed by atoms with Gasteiger partial charge in [-0.15, -0.1) is 0 Å². The first-order valence-corrected chi connectivity index (χ1v) is 8.42. The Morgan fingerprint density at radius 3 is 1.38 bits per heavy atom. The predicted octanol–water partition coefficient (Wildman–Crippen LogP) is 1.86. The van der Waals surface area contributed by atoms with Crippen LogP contribution < -0.4 is 10.6 Å². The van der Waals surface area contributed by atoms with Gasteiger partial charge < -0.3 is 20.8 Å². The minimum atomic E-state index is -0.940. The third-order valence-corrected chi connectivity index (χ3v) is 3.51. The Morgan fingerprint density at radius 1 is 0.808 bits per heavy atom. The number of carboxylic acids is 2. The molecule has 0 rings (SSSR count). The topological polar surface area (TPSA) is 171 Å². The van der Waals surface area contributed by atoms with Gasteiger partial charge in [-0.1, -0.05) is 0 Å². The first kappa shape index (κ1) is 23.5. The van der Waals surface area contributed by atoms with Gasteiger partial charge in [0.2, 0.25) is 0 Å². The van der Waals surface area contributed by atoms with Gasteiger partial charge >= 0.3 is 11.9 Å². The van der Waals surface area contributed by atoms with E-state index in [2.05, 4.69) is 20.9 Å². The molecule has 0 unspecified atom stereocenters. The first-order chi connectivity index (χ1) is 11.9. The molecule has 0 saturated carbocycles. The average Bonchev–Trinajstić information content (AvgIpc) is 2.53. The molecule has 0 saturated heterocycles. The Morgan fingerprint density at radius 2 is 1.12 bits per heavy atom. The molecule has 26 heavy (non-hydrogen) atoms. The highest BCUT2D eigenvalue weighted by molar-refractivity contribution is 5.89. The van der Waals surface area contributed by atoms with E-state index in [0.29, 0.717) is 25.9 Å². The molecule has 0 spiro atoms. The summed E-state index contributed by atoms with van der Waals surface area (Å²) in [5.74, 6) is -1.53. The molecule has 0 radical (unpaired) electrons. The summed E-state index contributed by atoms with van der Waals surface area (Å²) in [6.45, 7) is 7.50. The fraction of sp³-hybridized carbons (Fsp3) is 0.750. The van der Waals surface area contributed by atoms with E-state index in [1.54, 1.807) is 27.7 Å². The van der Waals surface area contributed by atoms with E-state index in [-0.39, 0.29) is 24.5 Å². The molecule has 0 aromatic rings. The smallest absolute Gasteiger partial charge is 0.303 e. The molecule has 0 amide bonds. The lowest BCUT2D eigenvalue weighted by atomic mass is 10.0. The number of nitrogens with one attached hydrogen (secondary N) is 4. The standard InChI is InChI=1S/C16H30N6O4/c1-15(2,13(17)19-9-5-7-11(23)24)21-22-16(3,4)14(18)20-10-6-8-12(25)26/h5-10H2,1-4H3,(H2,17,19)(H2,18,20)(H,23,24)(H,25,26). The second-order valence-corrected chi connectivity index (χ2v) is 6.92. The molecule has 0 atom stereocenters. The molecule has 0 aliphatic rings. The Labute approximate surface area is 153 Å². The molecule has 10 heteroatoms. The monoisotopic (exact) mass is 370 g/mol. The zero-order valence-corrected chi connectivity index (χ0v) is 15.8. The third-order valence-electron chi connectivity index (χ3n) is 3.51. The van der Waals surface area contributed by atoms with Crippen LogP contribution in [0.4, 0.5) is 0 Å². The van der Waals surface area contributed by atoms with Crippen molar-refractivity contribution in [2.75, 3.05) is 13.1 Å². The van der Waals surface area contributed by atoms with E-state index in [9.17, 15) is 9.59 Å². The van der Waals surface area contributed by atoms with Crippen molar-refractivity contribution in [1.82, 2.24) is 10.6 Å². The molecule has 6 N–H and O–H groups in total. The summed E-state index contributed by atoms with van der Waals surface area (Å²) in [4.78, 5) is 21.0. The van der Waals surface area contributed by atoms with Crippen LogP contribution in [-0.4, -0.2) is 58.0 Å². The van der Waals surface area contributed by atoms with Crippen molar-refractivity contribution in [2.45, 2.75) is 64.5 Å². The molecule has 0 aliphatic heterocycles. The van der Waals surface area contributed by atoms with E-state index in [0.717, 1.165) is 0 Å². The van der Waals surface area contributed by atoms with Gasteiger partial charge in [-0.3, -0.25) is 20.4 Å². The van der Waals surface area contributed by atoms with E-state index < -0.39 is 23.0 Å². The number of amidine groups is 2. The number of aliphatic carboxylic acids is 2. The largest absolute Gasteiger partial charge is 0.481 e. The summed E-state index contributed by atoms with van der Waals surface area (Å²) >= 11 is 0. The van der Waals surface area contributed by atoms with Gasteiger partial charge in [0.15, 0.2) is 0 Å². The number of hydrogen-bond donors (Lipinski definition) is 6. The van der Waals surface area contributed by atoms with E-state index in [1.165, 1.54) is 0 Å². The second-order valence-electron chi connectivity index (χ2n) is 6.92. The van der Waals surface area contributed by atoms with Crippen LogP contribution in [0.25, 0.3) is 0 Å². The van der Waals surface area contributed by atoms with Crippen LogP contribution in [0.2, 0.25) is 0 Å². The number of rotatable bonds is 12. The maximum atomic E-state index is 10.5. The fourth-order valence-corrected chi connectivity index (χ4v) is 1.69. The van der Waals surface area contributed by atoms with Crippen LogP contribution in [0.15, 0.2) is 10.2 Å². The summed E-state index contributed by atoms with van der Waals surface area (Å²) in [5, 5.41) is 47.3. The highest BCUT2D eigenvalue weighted by atomic mass is 16.4. The summed E-state index contributed by atoms with van der Waals surface area (Å²) in [5.41, 5.74) is -1.88. The molecule has 148 valence electrons. The first-order valence-electron chi connectivity index (χ1n) is 8.42. The van der Waals surface area contributed by atoms with Crippen LogP contribution in [0.1, 0.15) is 53.4 Å². The normalized spacial score (nSPS) is 12.0. The molecule has 10 nitrogen and oxygen atoms in total. The molecule has 0 aromatic carbocycles. The van der Waals surface area contributed by atoms with Crippen LogP contribution in [-0.2, 0) is 9.59 Å². The number of azo groups is 1. The van der Waals surface area contributed by atoms with Crippen molar-refractivity contribution < 1.29 is 19.8 Å². The lowest BCUT2D eigenvalue weighted by Crippen LogP contribution is -2.43. The van der Waals surface area contributed by atoms with Crippen molar-refractivity contribution in [3.05, 3.63) is 0 Å². The molecule has 0 heterocycles. The summed E-state index contributed by atoms with van der Waals surface area (Å²) in [6, 6.07) is 0. The zero-order valence-electron chi connectivity index (χ0n) is 15.8. The van der Waals surface area contributed by atoms with Crippen molar-refractivity contribution in [3.8, 4) is 0 Å². The van der Waals surface area contributed by atoms with Gasteiger partial charge in [0.25, 0.3) is 0 Å². The van der Waals surface area contributed by atoms with Crippen LogP contribution in [0.3, 0.4) is 0 Å². The van der Waals surface area contributed by atoms with E-state index >= 15 is 0 Å². The Balaban J connectivity index is 4.55. The molecular formula is C16H30N6O4. The summed E-state index contributed by atoms with van der Waals surface area (Å²) < 4.78 is 0. The van der Waals surface area contributed by atoms with Gasteiger partial charge in [0.1, 0.15) is 22.7 Å². The Bertz CT molecular complexity index is 509. The minimum Gasteiger partial charge on any atom is -0.481 e. The maximum Gasteiger partial charge on any atom is 0.303 e. The van der Waals surface area contributed by atoms with Gasteiger partial charge in [0.05, 0.1) is 0 Å². The quantitative estimate of drug-likeness (QED) is 0.132. The molecular weight excluding hydrogens is 340 g/mol. The van der Waals surface area contributed by atoms with E-state index in [4.69, 9.17) is 21.0 Å². The summed E-state index contributed by atoms with van der Waals surface area (Å²) in [6.07, 6.45) is 0.864. The molecule has 0 aliphatic carbocycles. The number of nitrogens with zero attached hydrogens (tertiary/aromatic N) is 2. The Kier molecular flexibility index (Phi) is 9.45. The Hall–Kier alpha value is -2.52. The predicted molar refractivity (Wildman–Crippen MR) is 98.2 cm³/mol. The average molecular weight is 370 g/mol. The second kappa shape index (κ2) is 10.5. The molecule has 0 fully saturated rings. The minimum absolute atomic E-state index is 0.0277.